The number of nitrogens with two attached hydrogens (primary N) is 1. The van der Waals surface area contributed by atoms with Crippen LogP contribution in [0.15, 0.2) is 24.3 Å². The Morgan fingerprint density at radius 1 is 1.05 bits per heavy atom. The van der Waals surface area contributed by atoms with Crippen molar-refractivity contribution < 1.29 is 14.2 Å². The highest BCUT2D eigenvalue weighted by Gasteiger charge is 1.96. The summed E-state index contributed by atoms with van der Waals surface area (Å²) in [4.78, 5) is 0. The third-order valence-corrected chi connectivity index (χ3v) is 2.36. The summed E-state index contributed by atoms with van der Waals surface area (Å²) in [5.74, 6) is 6.58. The molecule has 0 aliphatic rings. The van der Waals surface area contributed by atoms with Crippen molar-refractivity contribution in [1.82, 2.24) is 0 Å². The number of benzene rings is 1. The van der Waals surface area contributed by atoms with Crippen LogP contribution in [0, 0.1) is 11.8 Å². The van der Waals surface area contributed by atoms with Gasteiger partial charge in [-0.15, -0.1) is 0 Å². The first-order valence-electron chi connectivity index (χ1n) is 6.83. The Hall–Kier alpha value is -1.54. The summed E-state index contributed by atoms with van der Waals surface area (Å²) in [7, 11) is 0. The number of hydrogen-bond donors (Lipinski definition) is 1. The van der Waals surface area contributed by atoms with Gasteiger partial charge in [0.1, 0.15) is 12.4 Å². The lowest BCUT2D eigenvalue weighted by Gasteiger charge is -2.09. The fourth-order valence-corrected chi connectivity index (χ4v) is 1.45. The minimum Gasteiger partial charge on any atom is -0.491 e. The molecule has 0 amide bonds. The summed E-state index contributed by atoms with van der Waals surface area (Å²) < 4.78 is 16.3. The molecule has 0 bridgehead atoms. The van der Waals surface area contributed by atoms with Gasteiger partial charge in [-0.3, -0.25) is 0 Å². The third-order valence-electron chi connectivity index (χ3n) is 2.36. The first-order valence-corrected chi connectivity index (χ1v) is 6.83. The van der Waals surface area contributed by atoms with Crippen LogP contribution in [0.3, 0.4) is 0 Å². The molecule has 0 heterocycles. The molecule has 0 aromatic heterocycles. The lowest BCUT2D eigenvalue weighted by molar-refractivity contribution is 0.0124. The van der Waals surface area contributed by atoms with Crippen molar-refractivity contribution in [2.24, 2.45) is 5.73 Å². The van der Waals surface area contributed by atoms with E-state index in [1.165, 1.54) is 0 Å². The van der Waals surface area contributed by atoms with Gasteiger partial charge in [0.2, 0.25) is 0 Å². The SMILES string of the molecule is CC(C)OCCOCCOc1ccc(C#CCN)cc1. The van der Waals surface area contributed by atoms with Gasteiger partial charge < -0.3 is 19.9 Å². The van der Waals surface area contributed by atoms with Crippen molar-refractivity contribution in [3.05, 3.63) is 29.8 Å². The molecule has 0 unspecified atom stereocenters. The summed E-state index contributed by atoms with van der Waals surface area (Å²) in [5.41, 5.74) is 6.25. The van der Waals surface area contributed by atoms with Crippen molar-refractivity contribution in [3.63, 3.8) is 0 Å². The van der Waals surface area contributed by atoms with E-state index < -0.39 is 0 Å². The zero-order valence-electron chi connectivity index (χ0n) is 12.2. The molecule has 0 radical (unpaired) electrons. The smallest absolute Gasteiger partial charge is 0.119 e. The van der Waals surface area contributed by atoms with E-state index in [4.69, 9.17) is 19.9 Å². The third kappa shape index (κ3) is 7.80. The van der Waals surface area contributed by atoms with Crippen molar-refractivity contribution >= 4 is 0 Å². The van der Waals surface area contributed by atoms with Crippen LogP contribution in [-0.2, 0) is 9.47 Å². The van der Waals surface area contributed by atoms with Gasteiger partial charge in [0.25, 0.3) is 0 Å². The molecule has 2 N–H and O–H groups in total. The summed E-state index contributed by atoms with van der Waals surface area (Å²) in [6.07, 6.45) is 0.246. The van der Waals surface area contributed by atoms with Gasteiger partial charge in [0.05, 0.1) is 32.5 Å². The van der Waals surface area contributed by atoms with Gasteiger partial charge in [0, 0.05) is 5.56 Å². The molecule has 1 aromatic rings. The Labute approximate surface area is 121 Å². The van der Waals surface area contributed by atoms with Crippen LogP contribution in [-0.4, -0.2) is 39.1 Å². The first-order chi connectivity index (χ1) is 9.72. The van der Waals surface area contributed by atoms with Crippen molar-refractivity contribution in [1.29, 1.82) is 0 Å². The highest BCUT2D eigenvalue weighted by molar-refractivity contribution is 5.38. The fraction of sp³-hybridized carbons (Fsp3) is 0.500. The minimum atomic E-state index is 0.246. The van der Waals surface area contributed by atoms with E-state index in [0.717, 1.165) is 11.3 Å². The molecule has 0 spiro atoms. The van der Waals surface area contributed by atoms with Gasteiger partial charge in [-0.25, -0.2) is 0 Å². The molecule has 110 valence electrons. The second-order valence-corrected chi connectivity index (χ2v) is 4.41. The molecule has 1 aromatic carbocycles. The zero-order valence-corrected chi connectivity index (χ0v) is 12.2. The normalized spacial score (nSPS) is 10.2. The van der Waals surface area contributed by atoms with E-state index in [0.29, 0.717) is 33.0 Å². The van der Waals surface area contributed by atoms with E-state index in [9.17, 15) is 0 Å². The highest BCUT2D eigenvalue weighted by Crippen LogP contribution is 2.11. The van der Waals surface area contributed by atoms with Crippen LogP contribution in [0.1, 0.15) is 19.4 Å². The predicted octanol–water partition coefficient (Wildman–Crippen LogP) is 1.82. The van der Waals surface area contributed by atoms with E-state index >= 15 is 0 Å². The number of hydrogen-bond acceptors (Lipinski definition) is 4. The molecular formula is C16H23NO3. The standard InChI is InChI=1S/C16H23NO3/c1-14(2)19-12-10-18-11-13-20-16-7-5-15(6-8-16)4-3-9-17/h5-8,14H,9-13,17H2,1-2H3. The summed E-state index contributed by atoms with van der Waals surface area (Å²) in [5, 5.41) is 0. The summed E-state index contributed by atoms with van der Waals surface area (Å²) in [6.45, 7) is 6.67. The van der Waals surface area contributed by atoms with Gasteiger partial charge in [0.15, 0.2) is 0 Å². The van der Waals surface area contributed by atoms with Gasteiger partial charge >= 0.3 is 0 Å². The summed E-state index contributed by atoms with van der Waals surface area (Å²) in [6, 6.07) is 7.61. The lowest BCUT2D eigenvalue weighted by Crippen LogP contribution is -2.13. The van der Waals surface area contributed by atoms with E-state index in [1.807, 2.05) is 38.1 Å². The maximum Gasteiger partial charge on any atom is 0.119 e. The quantitative estimate of drug-likeness (QED) is 0.582. The van der Waals surface area contributed by atoms with Crippen LogP contribution in [0.4, 0.5) is 0 Å². The van der Waals surface area contributed by atoms with Gasteiger partial charge in [-0.2, -0.15) is 0 Å². The molecule has 0 saturated heterocycles. The molecular weight excluding hydrogens is 254 g/mol. The van der Waals surface area contributed by atoms with Gasteiger partial charge in [-0.1, -0.05) is 11.8 Å². The average molecular weight is 277 g/mol. The Kier molecular flexibility index (Phi) is 8.48. The molecule has 0 atom stereocenters. The first kappa shape index (κ1) is 16.5. The molecule has 1 rings (SSSR count). The Morgan fingerprint density at radius 3 is 2.40 bits per heavy atom. The highest BCUT2D eigenvalue weighted by atomic mass is 16.5. The number of ether oxygens (including phenoxy) is 3. The maximum atomic E-state index is 5.55. The van der Waals surface area contributed by atoms with Gasteiger partial charge in [-0.05, 0) is 38.1 Å². The average Bonchev–Trinajstić information content (AvgIpc) is 2.45. The minimum absolute atomic E-state index is 0.246. The fourth-order valence-electron chi connectivity index (χ4n) is 1.45. The van der Waals surface area contributed by atoms with Crippen LogP contribution in [0.2, 0.25) is 0 Å². The van der Waals surface area contributed by atoms with Crippen molar-refractivity contribution in [2.45, 2.75) is 20.0 Å². The molecule has 20 heavy (non-hydrogen) atoms. The van der Waals surface area contributed by atoms with Crippen molar-refractivity contribution in [3.8, 4) is 17.6 Å². The molecule has 0 saturated carbocycles. The second-order valence-electron chi connectivity index (χ2n) is 4.41. The largest absolute Gasteiger partial charge is 0.491 e. The van der Waals surface area contributed by atoms with E-state index in [2.05, 4.69) is 11.8 Å². The molecule has 0 fully saturated rings. The Bertz CT molecular complexity index is 418. The topological polar surface area (TPSA) is 53.7 Å². The lowest BCUT2D eigenvalue weighted by atomic mass is 10.2. The number of rotatable bonds is 8. The zero-order chi connectivity index (χ0) is 14.6. The van der Waals surface area contributed by atoms with Crippen LogP contribution in [0.25, 0.3) is 0 Å². The monoisotopic (exact) mass is 277 g/mol. The second kappa shape index (κ2) is 10.3. The molecule has 4 heteroatoms. The maximum absolute atomic E-state index is 5.55. The Balaban J connectivity index is 2.13. The molecule has 0 aliphatic carbocycles. The Morgan fingerprint density at radius 2 is 1.75 bits per heavy atom. The predicted molar refractivity (Wildman–Crippen MR) is 79.8 cm³/mol. The van der Waals surface area contributed by atoms with Crippen LogP contribution in [0.5, 0.6) is 5.75 Å². The van der Waals surface area contributed by atoms with E-state index in [1.54, 1.807) is 0 Å². The van der Waals surface area contributed by atoms with Crippen LogP contribution >= 0.6 is 0 Å². The summed E-state index contributed by atoms with van der Waals surface area (Å²) >= 11 is 0. The molecule has 4 nitrogen and oxygen atoms in total. The van der Waals surface area contributed by atoms with E-state index in [-0.39, 0.29) is 6.10 Å². The van der Waals surface area contributed by atoms with Crippen LogP contribution < -0.4 is 10.5 Å². The molecule has 0 aliphatic heterocycles. The van der Waals surface area contributed by atoms with Crippen molar-refractivity contribution in [2.75, 3.05) is 33.0 Å².